The van der Waals surface area contributed by atoms with E-state index in [4.69, 9.17) is 5.73 Å². The van der Waals surface area contributed by atoms with Gasteiger partial charge in [-0.3, -0.25) is 4.90 Å². The number of hydrogen-bond acceptors (Lipinski definition) is 2. The lowest BCUT2D eigenvalue weighted by molar-refractivity contribution is 0.142. The number of rotatable bonds is 4. The van der Waals surface area contributed by atoms with Crippen LogP contribution in [0.25, 0.3) is 0 Å². The van der Waals surface area contributed by atoms with Crippen LogP contribution in [0.2, 0.25) is 0 Å². The first-order chi connectivity index (χ1) is 6.60. The van der Waals surface area contributed by atoms with Crippen LogP contribution >= 0.6 is 0 Å². The molecule has 0 amide bonds. The highest BCUT2D eigenvalue weighted by molar-refractivity contribution is 4.88. The van der Waals surface area contributed by atoms with E-state index < -0.39 is 0 Å². The highest BCUT2D eigenvalue weighted by Gasteiger charge is 2.32. The van der Waals surface area contributed by atoms with Gasteiger partial charge in [0.15, 0.2) is 0 Å². The number of likely N-dealkylation sites (tertiary alicyclic amines) is 1. The van der Waals surface area contributed by atoms with E-state index >= 15 is 0 Å². The molecular weight excluding hydrogens is 172 g/mol. The van der Waals surface area contributed by atoms with E-state index in [-0.39, 0.29) is 0 Å². The van der Waals surface area contributed by atoms with Crippen molar-refractivity contribution >= 4 is 0 Å². The van der Waals surface area contributed by atoms with Crippen molar-refractivity contribution < 1.29 is 0 Å². The Hall–Kier alpha value is -0.0800. The topological polar surface area (TPSA) is 29.3 Å². The summed E-state index contributed by atoms with van der Waals surface area (Å²) >= 11 is 0. The normalized spacial score (nSPS) is 33.2. The van der Waals surface area contributed by atoms with Crippen molar-refractivity contribution in [1.29, 1.82) is 0 Å². The van der Waals surface area contributed by atoms with E-state index in [1.54, 1.807) is 0 Å². The summed E-state index contributed by atoms with van der Waals surface area (Å²) in [7, 11) is 0. The Bertz CT molecular complexity index is 166. The Kier molecular flexibility index (Phi) is 4.39. The lowest BCUT2D eigenvalue weighted by Crippen LogP contribution is -2.46. The molecule has 0 spiro atoms. The summed E-state index contributed by atoms with van der Waals surface area (Å²) in [5.41, 5.74) is 5.90. The van der Waals surface area contributed by atoms with Crippen LogP contribution in [0, 0.1) is 11.8 Å². The fraction of sp³-hybridized carbons (Fsp3) is 1.00. The van der Waals surface area contributed by atoms with E-state index in [1.807, 2.05) is 0 Å². The molecule has 0 saturated carbocycles. The molecule has 4 atom stereocenters. The van der Waals surface area contributed by atoms with Gasteiger partial charge in [0.2, 0.25) is 0 Å². The smallest absolute Gasteiger partial charge is 0.0246 e. The highest BCUT2D eigenvalue weighted by Crippen LogP contribution is 2.27. The van der Waals surface area contributed by atoms with Crippen LogP contribution in [0.5, 0.6) is 0 Å². The number of hydrogen-bond donors (Lipinski definition) is 1. The zero-order valence-electron chi connectivity index (χ0n) is 10.2. The molecule has 14 heavy (non-hydrogen) atoms. The molecule has 84 valence electrons. The maximum absolute atomic E-state index is 5.90. The molecule has 0 bridgehead atoms. The molecule has 1 saturated heterocycles. The molecule has 0 radical (unpaired) electrons. The molecule has 4 unspecified atom stereocenters. The molecule has 0 aromatic heterocycles. The molecule has 1 rings (SSSR count). The fourth-order valence-electron chi connectivity index (χ4n) is 2.76. The molecule has 2 N–H and O–H groups in total. The van der Waals surface area contributed by atoms with Crippen LogP contribution < -0.4 is 5.73 Å². The SMILES string of the molecule is CCC(C)C(CN)N1CC(C)CC1C. The summed E-state index contributed by atoms with van der Waals surface area (Å²) < 4.78 is 0. The standard InChI is InChI=1S/C12H26N2/c1-5-10(3)12(7-13)14-8-9(2)6-11(14)4/h9-12H,5-8,13H2,1-4H3. The zero-order chi connectivity index (χ0) is 10.7. The van der Waals surface area contributed by atoms with Gasteiger partial charge in [-0.25, -0.2) is 0 Å². The summed E-state index contributed by atoms with van der Waals surface area (Å²) in [5.74, 6) is 1.58. The third-order valence-corrected chi connectivity index (χ3v) is 3.80. The Morgan fingerprint density at radius 3 is 2.43 bits per heavy atom. The third kappa shape index (κ3) is 2.48. The van der Waals surface area contributed by atoms with Gasteiger partial charge >= 0.3 is 0 Å². The van der Waals surface area contributed by atoms with Gasteiger partial charge in [0, 0.05) is 25.2 Å². The highest BCUT2D eigenvalue weighted by atomic mass is 15.2. The molecule has 0 aliphatic carbocycles. The molecule has 2 heteroatoms. The first-order valence-electron chi connectivity index (χ1n) is 6.05. The van der Waals surface area contributed by atoms with Crippen LogP contribution in [0.1, 0.15) is 40.5 Å². The molecular formula is C12H26N2. The summed E-state index contributed by atoms with van der Waals surface area (Å²) in [6.45, 7) is 11.3. The second-order valence-corrected chi connectivity index (χ2v) is 5.08. The number of nitrogens with zero attached hydrogens (tertiary/aromatic N) is 1. The van der Waals surface area contributed by atoms with Gasteiger partial charge in [0.1, 0.15) is 0 Å². The van der Waals surface area contributed by atoms with Gasteiger partial charge in [-0.2, -0.15) is 0 Å². The quantitative estimate of drug-likeness (QED) is 0.749. The van der Waals surface area contributed by atoms with Gasteiger partial charge in [-0.05, 0) is 25.2 Å². The van der Waals surface area contributed by atoms with Gasteiger partial charge in [0.25, 0.3) is 0 Å². The van der Waals surface area contributed by atoms with Crippen LogP contribution in [0.4, 0.5) is 0 Å². The van der Waals surface area contributed by atoms with Gasteiger partial charge < -0.3 is 5.73 Å². The Morgan fingerprint density at radius 2 is 2.07 bits per heavy atom. The van der Waals surface area contributed by atoms with Crippen molar-refractivity contribution in [2.45, 2.75) is 52.6 Å². The maximum Gasteiger partial charge on any atom is 0.0246 e. The van der Waals surface area contributed by atoms with Crippen molar-refractivity contribution in [3.63, 3.8) is 0 Å². The van der Waals surface area contributed by atoms with E-state index in [0.717, 1.165) is 24.4 Å². The second kappa shape index (κ2) is 5.13. The first-order valence-corrected chi connectivity index (χ1v) is 6.05. The van der Waals surface area contributed by atoms with Gasteiger partial charge in [0.05, 0.1) is 0 Å². The van der Waals surface area contributed by atoms with E-state index in [2.05, 4.69) is 32.6 Å². The molecule has 1 aliphatic rings. The summed E-state index contributed by atoms with van der Waals surface area (Å²) in [6.07, 6.45) is 2.58. The van der Waals surface area contributed by atoms with E-state index in [9.17, 15) is 0 Å². The van der Waals surface area contributed by atoms with Gasteiger partial charge in [-0.1, -0.05) is 27.2 Å². The Labute approximate surface area is 88.8 Å². The molecule has 1 heterocycles. The minimum Gasteiger partial charge on any atom is -0.329 e. The third-order valence-electron chi connectivity index (χ3n) is 3.80. The minimum absolute atomic E-state index is 0.597. The fourth-order valence-corrected chi connectivity index (χ4v) is 2.76. The van der Waals surface area contributed by atoms with E-state index in [0.29, 0.717) is 6.04 Å². The largest absolute Gasteiger partial charge is 0.329 e. The molecule has 0 aromatic carbocycles. The lowest BCUT2D eigenvalue weighted by Gasteiger charge is -2.34. The average Bonchev–Trinajstić information content (AvgIpc) is 2.47. The van der Waals surface area contributed by atoms with Crippen LogP contribution in [0.15, 0.2) is 0 Å². The van der Waals surface area contributed by atoms with Crippen molar-refractivity contribution in [3.8, 4) is 0 Å². The summed E-state index contributed by atoms with van der Waals surface area (Å²) in [5, 5.41) is 0. The van der Waals surface area contributed by atoms with Gasteiger partial charge in [-0.15, -0.1) is 0 Å². The predicted molar refractivity (Wildman–Crippen MR) is 62.2 cm³/mol. The van der Waals surface area contributed by atoms with Crippen molar-refractivity contribution in [2.24, 2.45) is 17.6 Å². The first kappa shape index (κ1) is 12.0. The van der Waals surface area contributed by atoms with E-state index in [1.165, 1.54) is 19.4 Å². The Morgan fingerprint density at radius 1 is 1.43 bits per heavy atom. The lowest BCUT2D eigenvalue weighted by atomic mass is 9.97. The molecule has 1 aliphatic heterocycles. The van der Waals surface area contributed by atoms with Crippen LogP contribution in [0.3, 0.4) is 0 Å². The minimum atomic E-state index is 0.597. The zero-order valence-corrected chi connectivity index (χ0v) is 10.2. The monoisotopic (exact) mass is 198 g/mol. The van der Waals surface area contributed by atoms with Crippen LogP contribution in [-0.4, -0.2) is 30.1 Å². The summed E-state index contributed by atoms with van der Waals surface area (Å²) in [6, 6.07) is 1.33. The predicted octanol–water partition coefficient (Wildman–Crippen LogP) is 2.09. The Balaban J connectivity index is 2.60. The van der Waals surface area contributed by atoms with Crippen molar-refractivity contribution in [3.05, 3.63) is 0 Å². The van der Waals surface area contributed by atoms with Crippen LogP contribution in [-0.2, 0) is 0 Å². The van der Waals surface area contributed by atoms with Crippen molar-refractivity contribution in [2.75, 3.05) is 13.1 Å². The molecule has 1 fully saturated rings. The maximum atomic E-state index is 5.90. The second-order valence-electron chi connectivity index (χ2n) is 5.08. The van der Waals surface area contributed by atoms with Crippen molar-refractivity contribution in [1.82, 2.24) is 4.90 Å². The average molecular weight is 198 g/mol. The number of nitrogens with two attached hydrogens (primary N) is 1. The molecule has 2 nitrogen and oxygen atoms in total. The molecule has 0 aromatic rings. The summed E-state index contributed by atoms with van der Waals surface area (Å²) in [4.78, 5) is 2.62.